The Labute approximate surface area is 112 Å². The van der Waals surface area contributed by atoms with Gasteiger partial charge in [0.25, 0.3) is 0 Å². The van der Waals surface area contributed by atoms with Gasteiger partial charge in [0.1, 0.15) is 11.9 Å². The van der Waals surface area contributed by atoms with Gasteiger partial charge in [-0.1, -0.05) is 6.92 Å². The van der Waals surface area contributed by atoms with E-state index in [0.29, 0.717) is 6.42 Å². The van der Waals surface area contributed by atoms with E-state index in [-0.39, 0.29) is 5.69 Å². The first kappa shape index (κ1) is 15.4. The van der Waals surface area contributed by atoms with Crippen molar-refractivity contribution in [2.45, 2.75) is 19.4 Å². The molecular formula is C12H17FN2O3S. The van der Waals surface area contributed by atoms with Crippen LogP contribution < -0.4 is 9.62 Å². The van der Waals surface area contributed by atoms with Crippen molar-refractivity contribution in [2.24, 2.45) is 0 Å². The highest BCUT2D eigenvalue weighted by molar-refractivity contribution is 7.92. The monoisotopic (exact) mass is 288 g/mol. The summed E-state index contributed by atoms with van der Waals surface area (Å²) in [7, 11) is -2.21. The number of amides is 1. The molecule has 106 valence electrons. The number of halogens is 1. The molecule has 0 saturated heterocycles. The number of hydrogen-bond donors (Lipinski definition) is 1. The van der Waals surface area contributed by atoms with Crippen LogP contribution in [0.2, 0.25) is 0 Å². The van der Waals surface area contributed by atoms with Gasteiger partial charge in [0.2, 0.25) is 15.9 Å². The molecule has 0 saturated carbocycles. The molecule has 0 aromatic heterocycles. The van der Waals surface area contributed by atoms with E-state index in [1.54, 1.807) is 6.92 Å². The van der Waals surface area contributed by atoms with Crippen molar-refractivity contribution in [3.63, 3.8) is 0 Å². The minimum atomic E-state index is -3.65. The number of nitrogens with one attached hydrogen (secondary N) is 1. The summed E-state index contributed by atoms with van der Waals surface area (Å²) >= 11 is 0. The molecule has 0 heterocycles. The van der Waals surface area contributed by atoms with Gasteiger partial charge < -0.3 is 5.32 Å². The second-order valence-electron chi connectivity index (χ2n) is 4.07. The lowest BCUT2D eigenvalue weighted by molar-refractivity contribution is -0.121. The van der Waals surface area contributed by atoms with Crippen LogP contribution in [-0.2, 0) is 14.8 Å². The van der Waals surface area contributed by atoms with E-state index >= 15 is 0 Å². The maximum absolute atomic E-state index is 12.9. The molecule has 1 rings (SSSR count). The Kier molecular flexibility index (Phi) is 4.88. The average Bonchev–Trinajstić information content (AvgIpc) is 2.35. The predicted molar refractivity (Wildman–Crippen MR) is 71.9 cm³/mol. The number of hydrogen-bond acceptors (Lipinski definition) is 3. The molecule has 19 heavy (non-hydrogen) atoms. The van der Waals surface area contributed by atoms with E-state index in [1.165, 1.54) is 19.2 Å². The Bertz CT molecular complexity index is 543. The fourth-order valence-electron chi connectivity index (χ4n) is 1.81. The quantitative estimate of drug-likeness (QED) is 0.883. The summed E-state index contributed by atoms with van der Waals surface area (Å²) in [6.45, 7) is 1.71. The summed E-state index contributed by atoms with van der Waals surface area (Å²) < 4.78 is 37.7. The predicted octanol–water partition coefficient (Wildman–Crippen LogP) is 1.12. The van der Waals surface area contributed by atoms with Gasteiger partial charge in [-0.25, -0.2) is 12.8 Å². The number of sulfonamides is 1. The fraction of sp³-hybridized carbons (Fsp3) is 0.417. The number of anilines is 1. The van der Waals surface area contributed by atoms with E-state index < -0.39 is 27.8 Å². The molecule has 5 nitrogen and oxygen atoms in total. The lowest BCUT2D eigenvalue weighted by atomic mass is 10.2. The van der Waals surface area contributed by atoms with Gasteiger partial charge >= 0.3 is 0 Å². The molecule has 0 aliphatic heterocycles. The Morgan fingerprint density at radius 2 is 1.89 bits per heavy atom. The van der Waals surface area contributed by atoms with Crippen LogP contribution in [0.25, 0.3) is 0 Å². The topological polar surface area (TPSA) is 66.5 Å². The third-order valence-electron chi connectivity index (χ3n) is 2.66. The molecule has 0 unspecified atom stereocenters. The largest absolute Gasteiger partial charge is 0.357 e. The molecule has 0 spiro atoms. The average molecular weight is 288 g/mol. The lowest BCUT2D eigenvalue weighted by Crippen LogP contribution is -2.48. The van der Waals surface area contributed by atoms with Crippen LogP contribution >= 0.6 is 0 Å². The number of carbonyl (C=O) groups is 1. The van der Waals surface area contributed by atoms with Crippen LogP contribution in [0.1, 0.15) is 13.3 Å². The normalized spacial score (nSPS) is 12.8. The molecule has 0 radical (unpaired) electrons. The Balaban J connectivity index is 3.29. The summed E-state index contributed by atoms with van der Waals surface area (Å²) in [4.78, 5) is 11.8. The summed E-state index contributed by atoms with van der Waals surface area (Å²) in [6.07, 6.45) is 1.33. The zero-order chi connectivity index (χ0) is 14.6. The SMILES string of the molecule is CC[C@@H](C(=O)NC)N(c1ccc(F)cc1)S(C)(=O)=O. The van der Waals surface area contributed by atoms with Crippen LogP contribution in [0.15, 0.2) is 24.3 Å². The number of nitrogens with zero attached hydrogens (tertiary/aromatic N) is 1. The second kappa shape index (κ2) is 6.01. The Hall–Kier alpha value is -1.63. The molecule has 0 fully saturated rings. The van der Waals surface area contributed by atoms with Crippen molar-refractivity contribution in [3.8, 4) is 0 Å². The van der Waals surface area contributed by atoms with Crippen molar-refractivity contribution in [2.75, 3.05) is 17.6 Å². The summed E-state index contributed by atoms with van der Waals surface area (Å²) in [5.74, 6) is -0.873. The van der Waals surface area contributed by atoms with E-state index in [4.69, 9.17) is 0 Å². The first-order chi connectivity index (χ1) is 8.81. The summed E-state index contributed by atoms with van der Waals surface area (Å²) in [6, 6.07) is 4.13. The highest BCUT2D eigenvalue weighted by atomic mass is 32.2. The van der Waals surface area contributed by atoms with E-state index in [1.807, 2.05) is 0 Å². The molecular weight excluding hydrogens is 271 g/mol. The number of likely N-dealkylation sites (N-methyl/N-ethyl adjacent to an activating group) is 1. The number of rotatable bonds is 5. The van der Waals surface area contributed by atoms with Gasteiger partial charge in [0.15, 0.2) is 0 Å². The van der Waals surface area contributed by atoms with E-state index in [0.717, 1.165) is 22.7 Å². The van der Waals surface area contributed by atoms with Crippen molar-refractivity contribution >= 4 is 21.6 Å². The van der Waals surface area contributed by atoms with Crippen LogP contribution in [0.5, 0.6) is 0 Å². The number of benzene rings is 1. The lowest BCUT2D eigenvalue weighted by Gasteiger charge is -2.29. The molecule has 1 amide bonds. The highest BCUT2D eigenvalue weighted by Gasteiger charge is 2.30. The van der Waals surface area contributed by atoms with Crippen molar-refractivity contribution < 1.29 is 17.6 Å². The summed E-state index contributed by atoms with van der Waals surface area (Å²) in [5.41, 5.74) is 0.263. The van der Waals surface area contributed by atoms with Gasteiger partial charge in [-0.2, -0.15) is 0 Å². The summed E-state index contributed by atoms with van der Waals surface area (Å²) in [5, 5.41) is 2.43. The van der Waals surface area contributed by atoms with Crippen LogP contribution in [-0.4, -0.2) is 33.7 Å². The molecule has 0 aliphatic rings. The minimum Gasteiger partial charge on any atom is -0.357 e. The molecule has 1 aromatic rings. The molecule has 0 aliphatic carbocycles. The molecule has 0 bridgehead atoms. The first-order valence-corrected chi connectivity index (χ1v) is 7.62. The van der Waals surface area contributed by atoms with Crippen molar-refractivity contribution in [3.05, 3.63) is 30.1 Å². The zero-order valence-corrected chi connectivity index (χ0v) is 11.9. The van der Waals surface area contributed by atoms with Crippen molar-refractivity contribution in [1.82, 2.24) is 5.32 Å². The molecule has 1 aromatic carbocycles. The minimum absolute atomic E-state index is 0.263. The first-order valence-electron chi connectivity index (χ1n) is 5.77. The third-order valence-corrected chi connectivity index (χ3v) is 3.84. The van der Waals surface area contributed by atoms with E-state index in [2.05, 4.69) is 5.32 Å². The maximum atomic E-state index is 12.9. The van der Waals surface area contributed by atoms with Crippen molar-refractivity contribution in [1.29, 1.82) is 0 Å². The Morgan fingerprint density at radius 1 is 1.37 bits per heavy atom. The fourth-order valence-corrected chi connectivity index (χ4v) is 3.03. The number of carbonyl (C=O) groups excluding carboxylic acids is 1. The maximum Gasteiger partial charge on any atom is 0.243 e. The van der Waals surface area contributed by atoms with Gasteiger partial charge in [-0.15, -0.1) is 0 Å². The molecule has 7 heteroatoms. The van der Waals surface area contributed by atoms with Crippen LogP contribution in [0.3, 0.4) is 0 Å². The van der Waals surface area contributed by atoms with Gasteiger partial charge in [0.05, 0.1) is 11.9 Å². The van der Waals surface area contributed by atoms with Gasteiger partial charge in [-0.05, 0) is 30.7 Å². The van der Waals surface area contributed by atoms with Crippen LogP contribution in [0.4, 0.5) is 10.1 Å². The Morgan fingerprint density at radius 3 is 2.26 bits per heavy atom. The van der Waals surface area contributed by atoms with Gasteiger partial charge in [-0.3, -0.25) is 9.10 Å². The zero-order valence-electron chi connectivity index (χ0n) is 11.1. The second-order valence-corrected chi connectivity index (χ2v) is 5.93. The van der Waals surface area contributed by atoms with Crippen LogP contribution in [0, 0.1) is 5.82 Å². The third kappa shape index (κ3) is 3.66. The molecule has 1 atom stereocenters. The van der Waals surface area contributed by atoms with Gasteiger partial charge in [0, 0.05) is 7.05 Å². The van der Waals surface area contributed by atoms with E-state index in [9.17, 15) is 17.6 Å². The smallest absolute Gasteiger partial charge is 0.243 e. The molecule has 1 N–H and O–H groups in total. The standard InChI is InChI=1S/C12H17FN2O3S/c1-4-11(12(16)14-2)15(19(3,17)18)10-7-5-9(13)6-8-10/h5-8,11H,4H2,1-3H3,(H,14,16)/t11-/m0/s1. The highest BCUT2D eigenvalue weighted by Crippen LogP contribution is 2.22.